The zero-order chi connectivity index (χ0) is 32.6. The smallest absolute Gasteiger partial charge is 0.150 e. The summed E-state index contributed by atoms with van der Waals surface area (Å²) in [4.78, 5) is 5.15. The SMILES string of the molecule is Cc1cc(C)cc(-n2c(-c3c(O)c(C/C=C/Cc4cc(-c5ccccc5)cc5ccccc45)cc4ccccc34)nc3ccccc32)c1. The van der Waals surface area contributed by atoms with Gasteiger partial charge in [-0.25, -0.2) is 4.98 Å². The molecule has 0 amide bonds. The van der Waals surface area contributed by atoms with E-state index in [1.165, 1.54) is 38.6 Å². The van der Waals surface area contributed by atoms with Gasteiger partial charge in [-0.15, -0.1) is 0 Å². The van der Waals surface area contributed by atoms with Gasteiger partial charge in [0, 0.05) is 5.69 Å². The van der Waals surface area contributed by atoms with Gasteiger partial charge < -0.3 is 5.11 Å². The van der Waals surface area contributed by atoms with E-state index in [2.05, 4.69) is 146 Å². The summed E-state index contributed by atoms with van der Waals surface area (Å²) in [6, 6.07) is 48.9. The quantitative estimate of drug-likeness (QED) is 0.180. The zero-order valence-corrected chi connectivity index (χ0v) is 27.2. The number of nitrogens with zero attached hydrogens (tertiary/aromatic N) is 2. The maximum Gasteiger partial charge on any atom is 0.150 e. The molecule has 0 unspecified atom stereocenters. The van der Waals surface area contributed by atoms with E-state index in [4.69, 9.17) is 4.98 Å². The lowest BCUT2D eigenvalue weighted by molar-refractivity contribution is 0.472. The maximum absolute atomic E-state index is 12.1. The van der Waals surface area contributed by atoms with Crippen LogP contribution < -0.4 is 0 Å². The molecule has 0 aliphatic rings. The Labute approximate surface area is 281 Å². The molecule has 0 saturated heterocycles. The molecule has 3 heteroatoms. The molecule has 3 nitrogen and oxygen atoms in total. The van der Waals surface area contributed by atoms with Crippen LogP contribution in [0.25, 0.3) is 60.8 Å². The molecule has 8 aromatic rings. The number of allylic oxidation sites excluding steroid dienone is 2. The number of para-hydroxylation sites is 2. The van der Waals surface area contributed by atoms with Crippen LogP contribution in [0.4, 0.5) is 0 Å². The molecule has 7 aromatic carbocycles. The standard InChI is InChI=1S/C45H36N2O/c1-30-24-31(2)26-38(25-30)47-42-23-13-12-22-41(42)46-45(47)43-40-21-11-9-18-35(40)27-36(44(43)48)19-7-6-16-33-28-37(32-14-4-3-5-15-32)29-34-17-8-10-20-39(33)34/h3-15,17-18,20-29,48H,16,19H2,1-2H3/b7-6+. The van der Waals surface area contributed by atoms with Crippen molar-refractivity contribution in [2.45, 2.75) is 26.7 Å². The first-order valence-electron chi connectivity index (χ1n) is 16.6. The third-order valence-corrected chi connectivity index (χ3v) is 9.25. The van der Waals surface area contributed by atoms with E-state index in [9.17, 15) is 5.11 Å². The van der Waals surface area contributed by atoms with Gasteiger partial charge in [-0.3, -0.25) is 4.57 Å². The minimum Gasteiger partial charge on any atom is -0.507 e. The number of hydrogen-bond acceptors (Lipinski definition) is 2. The van der Waals surface area contributed by atoms with Crippen molar-refractivity contribution >= 4 is 32.6 Å². The molecule has 232 valence electrons. The lowest BCUT2D eigenvalue weighted by atomic mass is 9.94. The van der Waals surface area contributed by atoms with Gasteiger partial charge in [0.1, 0.15) is 11.6 Å². The van der Waals surface area contributed by atoms with E-state index in [0.29, 0.717) is 6.42 Å². The summed E-state index contributed by atoms with van der Waals surface area (Å²) in [5.41, 5.74) is 10.7. The third-order valence-electron chi connectivity index (χ3n) is 9.25. The van der Waals surface area contributed by atoms with Gasteiger partial charge in [-0.1, -0.05) is 115 Å². The second-order valence-corrected chi connectivity index (χ2v) is 12.7. The van der Waals surface area contributed by atoms with Crippen LogP contribution in [0, 0.1) is 13.8 Å². The monoisotopic (exact) mass is 620 g/mol. The second kappa shape index (κ2) is 12.4. The fourth-order valence-corrected chi connectivity index (χ4v) is 7.09. The van der Waals surface area contributed by atoms with Gasteiger partial charge in [0.25, 0.3) is 0 Å². The fourth-order valence-electron chi connectivity index (χ4n) is 7.09. The Morgan fingerprint density at radius 3 is 1.98 bits per heavy atom. The molecule has 1 N–H and O–H groups in total. The van der Waals surface area contributed by atoms with Crippen LogP contribution in [0.2, 0.25) is 0 Å². The van der Waals surface area contributed by atoms with E-state index in [-0.39, 0.29) is 5.75 Å². The van der Waals surface area contributed by atoms with Crippen molar-refractivity contribution in [3.63, 3.8) is 0 Å². The minimum absolute atomic E-state index is 0.274. The summed E-state index contributed by atoms with van der Waals surface area (Å²) in [7, 11) is 0. The van der Waals surface area contributed by atoms with E-state index in [1.807, 2.05) is 24.3 Å². The molecule has 8 rings (SSSR count). The summed E-state index contributed by atoms with van der Waals surface area (Å²) in [6.07, 6.45) is 5.81. The van der Waals surface area contributed by atoms with E-state index < -0.39 is 0 Å². The highest BCUT2D eigenvalue weighted by Gasteiger charge is 2.22. The molecule has 0 aliphatic carbocycles. The maximum atomic E-state index is 12.1. The van der Waals surface area contributed by atoms with Gasteiger partial charge in [0.05, 0.1) is 16.6 Å². The van der Waals surface area contributed by atoms with Gasteiger partial charge >= 0.3 is 0 Å². The summed E-state index contributed by atoms with van der Waals surface area (Å²) in [6.45, 7) is 4.24. The topological polar surface area (TPSA) is 38.0 Å². The summed E-state index contributed by atoms with van der Waals surface area (Å²) < 4.78 is 2.20. The number of rotatable bonds is 7. The summed E-state index contributed by atoms with van der Waals surface area (Å²) in [5.74, 6) is 1.01. The van der Waals surface area contributed by atoms with E-state index in [1.54, 1.807) is 0 Å². The third kappa shape index (κ3) is 5.44. The second-order valence-electron chi connectivity index (χ2n) is 12.7. The highest BCUT2D eigenvalue weighted by Crippen LogP contribution is 2.41. The molecule has 0 saturated carbocycles. The molecule has 1 aromatic heterocycles. The molecular weight excluding hydrogens is 585 g/mol. The summed E-state index contributed by atoms with van der Waals surface area (Å²) in [5, 5.41) is 16.6. The zero-order valence-electron chi connectivity index (χ0n) is 27.2. The van der Waals surface area contributed by atoms with Crippen LogP contribution in [0.1, 0.15) is 22.3 Å². The number of fused-ring (bicyclic) bond motifs is 3. The van der Waals surface area contributed by atoms with Gasteiger partial charge in [-0.2, -0.15) is 0 Å². The molecule has 0 fully saturated rings. The Morgan fingerprint density at radius 1 is 0.583 bits per heavy atom. The Morgan fingerprint density at radius 2 is 1.21 bits per heavy atom. The normalized spacial score (nSPS) is 11.7. The van der Waals surface area contributed by atoms with Crippen LogP contribution in [0.5, 0.6) is 5.75 Å². The Hall–Kier alpha value is -5.93. The minimum atomic E-state index is 0.274. The van der Waals surface area contributed by atoms with Crippen molar-refractivity contribution in [3.05, 3.63) is 174 Å². The predicted molar refractivity (Wildman–Crippen MR) is 201 cm³/mol. The number of benzene rings is 7. The Bertz CT molecular complexity index is 2470. The van der Waals surface area contributed by atoms with Crippen molar-refractivity contribution in [2.24, 2.45) is 0 Å². The number of aryl methyl sites for hydroxylation is 2. The molecule has 1 heterocycles. The highest BCUT2D eigenvalue weighted by atomic mass is 16.3. The first-order chi connectivity index (χ1) is 23.5. The van der Waals surface area contributed by atoms with Crippen LogP contribution in [0.3, 0.4) is 0 Å². The number of imidazole rings is 1. The van der Waals surface area contributed by atoms with Crippen LogP contribution in [0.15, 0.2) is 152 Å². The van der Waals surface area contributed by atoms with Crippen molar-refractivity contribution in [3.8, 4) is 34.0 Å². The molecular formula is C45H36N2O. The highest BCUT2D eigenvalue weighted by molar-refractivity contribution is 6.01. The van der Waals surface area contributed by atoms with E-state index in [0.717, 1.165) is 50.9 Å². The van der Waals surface area contributed by atoms with Crippen molar-refractivity contribution < 1.29 is 5.11 Å². The Kier molecular flexibility index (Phi) is 7.58. The lowest BCUT2D eigenvalue weighted by Crippen LogP contribution is -2.01. The first-order valence-corrected chi connectivity index (χ1v) is 16.6. The molecule has 0 spiro atoms. The molecule has 0 atom stereocenters. The van der Waals surface area contributed by atoms with Gasteiger partial charge in [-0.05, 0) is 118 Å². The molecule has 0 aliphatic heterocycles. The number of aromatic nitrogens is 2. The number of hydrogen-bond donors (Lipinski definition) is 1. The fraction of sp³-hybridized carbons (Fsp3) is 0.0889. The number of aromatic hydroxyl groups is 1. The van der Waals surface area contributed by atoms with Crippen molar-refractivity contribution in [2.75, 3.05) is 0 Å². The van der Waals surface area contributed by atoms with Gasteiger partial charge in [0.2, 0.25) is 0 Å². The van der Waals surface area contributed by atoms with Gasteiger partial charge in [0.15, 0.2) is 0 Å². The number of phenols is 1. The molecule has 0 bridgehead atoms. The summed E-state index contributed by atoms with van der Waals surface area (Å²) >= 11 is 0. The lowest BCUT2D eigenvalue weighted by Gasteiger charge is -2.16. The molecule has 0 radical (unpaired) electrons. The average molecular weight is 621 g/mol. The first kappa shape index (κ1) is 29.5. The van der Waals surface area contributed by atoms with Crippen LogP contribution in [-0.2, 0) is 12.8 Å². The van der Waals surface area contributed by atoms with Crippen molar-refractivity contribution in [1.29, 1.82) is 0 Å². The Balaban J connectivity index is 1.20. The van der Waals surface area contributed by atoms with Crippen molar-refractivity contribution in [1.82, 2.24) is 9.55 Å². The predicted octanol–water partition coefficient (Wildman–Crippen LogP) is 11.3. The van der Waals surface area contributed by atoms with E-state index >= 15 is 0 Å². The number of phenolic OH excluding ortho intramolecular Hbond substituents is 1. The average Bonchev–Trinajstić information content (AvgIpc) is 3.49. The largest absolute Gasteiger partial charge is 0.507 e. The molecule has 48 heavy (non-hydrogen) atoms. The van der Waals surface area contributed by atoms with Crippen LogP contribution in [-0.4, -0.2) is 14.7 Å². The van der Waals surface area contributed by atoms with Crippen LogP contribution >= 0.6 is 0 Å².